The van der Waals surface area contributed by atoms with Gasteiger partial charge in [-0.1, -0.05) is 12.1 Å². The van der Waals surface area contributed by atoms with E-state index in [9.17, 15) is 17.6 Å². The zero-order valence-electron chi connectivity index (χ0n) is 16.5. The van der Waals surface area contributed by atoms with Crippen molar-refractivity contribution in [1.82, 2.24) is 10.3 Å². The highest BCUT2D eigenvalue weighted by molar-refractivity contribution is 7.91. The van der Waals surface area contributed by atoms with Crippen LogP contribution >= 0.6 is 0 Å². The summed E-state index contributed by atoms with van der Waals surface area (Å²) < 4.78 is 48.7. The van der Waals surface area contributed by atoms with Gasteiger partial charge in [-0.15, -0.1) is 0 Å². The van der Waals surface area contributed by atoms with Crippen LogP contribution in [0.4, 0.5) is 4.39 Å². The van der Waals surface area contributed by atoms with E-state index in [1.54, 1.807) is 44.4 Å². The first kappa shape index (κ1) is 21.5. The van der Waals surface area contributed by atoms with E-state index in [0.717, 1.165) is 0 Å². The number of aromatic nitrogens is 1. The largest absolute Gasteiger partial charge is 0.497 e. The van der Waals surface area contributed by atoms with Gasteiger partial charge < -0.3 is 14.5 Å². The molecule has 0 saturated carbocycles. The summed E-state index contributed by atoms with van der Waals surface area (Å²) in [5.41, 5.74) is 1.46. The summed E-state index contributed by atoms with van der Waals surface area (Å²) in [6.45, 7) is 1.66. The highest BCUT2D eigenvalue weighted by Crippen LogP contribution is 2.25. The molecule has 158 valence electrons. The fourth-order valence-electron chi connectivity index (χ4n) is 2.78. The summed E-state index contributed by atoms with van der Waals surface area (Å²) in [5, 5.41) is 2.48. The van der Waals surface area contributed by atoms with Crippen LogP contribution in [0.5, 0.6) is 5.75 Å². The number of aryl methyl sites for hydroxylation is 1. The van der Waals surface area contributed by atoms with Crippen LogP contribution in [0, 0.1) is 12.7 Å². The molecule has 3 rings (SSSR count). The Bertz CT molecular complexity index is 1140. The molecule has 1 amide bonds. The molecular formula is C21H21FN2O5S. The van der Waals surface area contributed by atoms with Gasteiger partial charge in [-0.05, 0) is 48.9 Å². The Morgan fingerprint density at radius 3 is 2.60 bits per heavy atom. The number of halogens is 1. The Kier molecular flexibility index (Phi) is 6.51. The van der Waals surface area contributed by atoms with Crippen molar-refractivity contribution in [2.45, 2.75) is 19.2 Å². The van der Waals surface area contributed by atoms with Crippen LogP contribution in [0.25, 0.3) is 11.5 Å². The first-order valence-electron chi connectivity index (χ1n) is 9.08. The quantitative estimate of drug-likeness (QED) is 0.588. The number of sulfone groups is 1. The van der Waals surface area contributed by atoms with Gasteiger partial charge in [0.15, 0.2) is 9.84 Å². The molecule has 1 heterocycles. The lowest BCUT2D eigenvalue weighted by atomic mass is 10.2. The van der Waals surface area contributed by atoms with Crippen molar-refractivity contribution in [3.05, 3.63) is 71.4 Å². The Morgan fingerprint density at radius 2 is 1.93 bits per heavy atom. The van der Waals surface area contributed by atoms with Gasteiger partial charge in [-0.25, -0.2) is 17.8 Å². The van der Waals surface area contributed by atoms with Crippen molar-refractivity contribution in [2.24, 2.45) is 0 Å². The minimum absolute atomic E-state index is 0.0384. The van der Waals surface area contributed by atoms with Crippen molar-refractivity contribution < 1.29 is 26.8 Å². The maximum atomic E-state index is 13.2. The van der Waals surface area contributed by atoms with Gasteiger partial charge in [-0.3, -0.25) is 4.79 Å². The summed E-state index contributed by atoms with van der Waals surface area (Å²) in [4.78, 5) is 16.3. The predicted molar refractivity (Wildman–Crippen MR) is 109 cm³/mol. The molecule has 0 aliphatic heterocycles. The van der Waals surface area contributed by atoms with Gasteiger partial charge in [0.1, 0.15) is 23.1 Å². The maximum absolute atomic E-state index is 13.2. The van der Waals surface area contributed by atoms with Gasteiger partial charge in [0.2, 0.25) is 11.8 Å². The van der Waals surface area contributed by atoms with Crippen LogP contribution in [0.2, 0.25) is 0 Å². The fourth-order valence-corrected chi connectivity index (χ4v) is 4.06. The number of ether oxygens (including phenoxy) is 1. The van der Waals surface area contributed by atoms with Crippen LogP contribution in [0.3, 0.4) is 0 Å². The number of benzene rings is 2. The van der Waals surface area contributed by atoms with E-state index in [1.165, 1.54) is 18.2 Å². The normalized spacial score (nSPS) is 11.3. The molecule has 0 unspecified atom stereocenters. The molecule has 2 aromatic carbocycles. The number of nitrogens with one attached hydrogen (secondary N) is 1. The molecule has 0 radical (unpaired) electrons. The van der Waals surface area contributed by atoms with E-state index in [2.05, 4.69) is 10.3 Å². The maximum Gasteiger partial charge on any atom is 0.235 e. The molecule has 30 heavy (non-hydrogen) atoms. The molecule has 1 aromatic heterocycles. The Hall–Kier alpha value is -3.20. The van der Waals surface area contributed by atoms with Gasteiger partial charge in [-0.2, -0.15) is 0 Å². The Labute approximate surface area is 173 Å². The summed E-state index contributed by atoms with van der Waals surface area (Å²) in [6.07, 6.45) is 0. The number of hydrogen-bond donors (Lipinski definition) is 1. The predicted octanol–water partition coefficient (Wildman–Crippen LogP) is 3.03. The van der Waals surface area contributed by atoms with Crippen molar-refractivity contribution in [2.75, 3.05) is 12.9 Å². The zero-order chi connectivity index (χ0) is 21.7. The molecule has 7 nitrogen and oxygen atoms in total. The van der Waals surface area contributed by atoms with E-state index < -0.39 is 33.1 Å². The number of carbonyl (C=O) groups is 1. The van der Waals surface area contributed by atoms with Gasteiger partial charge in [0.05, 0.1) is 18.6 Å². The monoisotopic (exact) mass is 432 g/mol. The third kappa shape index (κ3) is 5.66. The number of hydrogen-bond acceptors (Lipinski definition) is 6. The van der Waals surface area contributed by atoms with Crippen LogP contribution in [-0.2, 0) is 26.9 Å². The van der Waals surface area contributed by atoms with Crippen molar-refractivity contribution >= 4 is 15.7 Å². The average Bonchev–Trinajstić information content (AvgIpc) is 3.06. The van der Waals surface area contributed by atoms with E-state index in [0.29, 0.717) is 22.6 Å². The standard InChI is InChI=1S/C21H21FN2O5S/c1-14-19(24-21(29-14)16-6-8-18(28-2)9-7-16)12-30(26,27)13-20(25)23-11-15-4-3-5-17(22)10-15/h3-10H,11-13H2,1-2H3,(H,23,25). The second-order valence-electron chi connectivity index (χ2n) is 6.69. The van der Waals surface area contributed by atoms with Crippen molar-refractivity contribution in [1.29, 1.82) is 0 Å². The van der Waals surface area contributed by atoms with E-state index >= 15 is 0 Å². The smallest absolute Gasteiger partial charge is 0.235 e. The van der Waals surface area contributed by atoms with E-state index in [1.807, 2.05) is 0 Å². The van der Waals surface area contributed by atoms with Crippen molar-refractivity contribution in [3.8, 4) is 17.2 Å². The topological polar surface area (TPSA) is 98.5 Å². The summed E-state index contributed by atoms with van der Waals surface area (Å²) in [7, 11) is -2.22. The highest BCUT2D eigenvalue weighted by Gasteiger charge is 2.22. The number of nitrogens with zero attached hydrogens (tertiary/aromatic N) is 1. The lowest BCUT2D eigenvalue weighted by Gasteiger charge is -2.06. The molecule has 9 heteroatoms. The lowest BCUT2D eigenvalue weighted by Crippen LogP contribution is -2.30. The van der Waals surface area contributed by atoms with Crippen LogP contribution in [-0.4, -0.2) is 32.2 Å². The molecule has 3 aromatic rings. The van der Waals surface area contributed by atoms with Gasteiger partial charge in [0.25, 0.3) is 0 Å². The molecule has 0 spiro atoms. The Morgan fingerprint density at radius 1 is 1.20 bits per heavy atom. The van der Waals surface area contributed by atoms with Crippen LogP contribution in [0.1, 0.15) is 17.0 Å². The van der Waals surface area contributed by atoms with Crippen LogP contribution in [0.15, 0.2) is 52.9 Å². The first-order valence-corrected chi connectivity index (χ1v) is 10.9. The molecule has 0 bridgehead atoms. The van der Waals surface area contributed by atoms with Gasteiger partial charge >= 0.3 is 0 Å². The minimum atomic E-state index is -3.78. The number of rotatable bonds is 8. The number of oxazole rings is 1. The molecule has 1 N–H and O–H groups in total. The van der Waals surface area contributed by atoms with Crippen LogP contribution < -0.4 is 10.1 Å². The third-order valence-corrected chi connectivity index (χ3v) is 5.73. The summed E-state index contributed by atoms with van der Waals surface area (Å²) >= 11 is 0. The molecule has 0 aliphatic carbocycles. The third-order valence-electron chi connectivity index (χ3n) is 4.32. The fraction of sp³-hybridized carbons (Fsp3) is 0.238. The Balaban J connectivity index is 1.63. The summed E-state index contributed by atoms with van der Waals surface area (Å²) in [5.74, 6) is -0.896. The van der Waals surface area contributed by atoms with E-state index in [-0.39, 0.29) is 18.1 Å². The number of amides is 1. The number of carbonyl (C=O) groups excluding carboxylic acids is 1. The molecule has 0 aliphatic rings. The molecule has 0 fully saturated rings. The van der Waals surface area contributed by atoms with E-state index in [4.69, 9.17) is 9.15 Å². The SMILES string of the molecule is COc1ccc(-c2nc(CS(=O)(=O)CC(=O)NCc3cccc(F)c3)c(C)o2)cc1. The summed E-state index contributed by atoms with van der Waals surface area (Å²) in [6, 6.07) is 12.7. The molecule has 0 saturated heterocycles. The first-order chi connectivity index (χ1) is 14.3. The highest BCUT2D eigenvalue weighted by atomic mass is 32.2. The molecular weight excluding hydrogens is 411 g/mol. The second-order valence-corrected chi connectivity index (χ2v) is 8.75. The lowest BCUT2D eigenvalue weighted by molar-refractivity contribution is -0.118. The average molecular weight is 432 g/mol. The van der Waals surface area contributed by atoms with Crippen molar-refractivity contribution in [3.63, 3.8) is 0 Å². The zero-order valence-corrected chi connectivity index (χ0v) is 17.3. The number of methoxy groups -OCH3 is 1. The second kappa shape index (κ2) is 9.08. The van der Waals surface area contributed by atoms with Gasteiger partial charge in [0, 0.05) is 12.1 Å². The molecule has 0 atom stereocenters. The minimum Gasteiger partial charge on any atom is -0.497 e.